The summed E-state index contributed by atoms with van der Waals surface area (Å²) in [6.45, 7) is 3.89. The number of aromatic amines is 1. The number of aryl methyl sites for hydroxylation is 1. The molecule has 0 aliphatic carbocycles. The van der Waals surface area contributed by atoms with E-state index in [1.54, 1.807) is 0 Å². The summed E-state index contributed by atoms with van der Waals surface area (Å²) in [5.41, 5.74) is 2.33. The van der Waals surface area contributed by atoms with Gasteiger partial charge >= 0.3 is 0 Å². The molecule has 1 aromatic carbocycles. The Morgan fingerprint density at radius 3 is 3.06 bits per heavy atom. The Kier molecular flexibility index (Phi) is 3.62. The van der Waals surface area contributed by atoms with Crippen LogP contribution in [0, 0.1) is 6.92 Å². The molecule has 0 saturated heterocycles. The van der Waals surface area contributed by atoms with Crippen LogP contribution in [-0.2, 0) is 0 Å². The van der Waals surface area contributed by atoms with Gasteiger partial charge in [0.15, 0.2) is 5.69 Å². The molecule has 0 spiro atoms. The fraction of sp³-hybridized carbons (Fsp3) is 0.385. The number of carbonyl (C=O) groups excluding carboxylic acids is 1. The summed E-state index contributed by atoms with van der Waals surface area (Å²) in [5.74, 6) is -0.215. The van der Waals surface area contributed by atoms with Gasteiger partial charge in [0.1, 0.15) is 0 Å². The molecule has 18 heavy (non-hydrogen) atoms. The molecule has 5 nitrogen and oxygen atoms in total. The lowest BCUT2D eigenvalue weighted by Crippen LogP contribution is -2.33. The first-order valence-corrected chi connectivity index (χ1v) is 5.98. The van der Waals surface area contributed by atoms with E-state index in [-0.39, 0.29) is 18.6 Å². The molecule has 5 heteroatoms. The predicted octanol–water partition coefficient (Wildman–Crippen LogP) is 1.37. The van der Waals surface area contributed by atoms with Gasteiger partial charge in [-0.1, -0.05) is 11.6 Å². The second kappa shape index (κ2) is 5.18. The molecule has 0 radical (unpaired) electrons. The minimum Gasteiger partial charge on any atom is -0.396 e. The van der Waals surface area contributed by atoms with Crippen LogP contribution in [0.3, 0.4) is 0 Å². The van der Waals surface area contributed by atoms with Gasteiger partial charge in [0.05, 0.1) is 5.52 Å². The van der Waals surface area contributed by atoms with Crippen LogP contribution in [-0.4, -0.2) is 33.9 Å². The minimum absolute atomic E-state index is 0.0574. The number of nitrogens with zero attached hydrogens (tertiary/aromatic N) is 1. The average Bonchev–Trinajstić information content (AvgIpc) is 2.71. The Morgan fingerprint density at radius 2 is 2.33 bits per heavy atom. The highest BCUT2D eigenvalue weighted by Gasteiger charge is 2.15. The first-order valence-electron chi connectivity index (χ1n) is 5.98. The molecule has 0 aliphatic rings. The van der Waals surface area contributed by atoms with Crippen molar-refractivity contribution in [3.63, 3.8) is 0 Å². The summed E-state index contributed by atoms with van der Waals surface area (Å²) in [7, 11) is 0. The molecule has 0 fully saturated rings. The first-order chi connectivity index (χ1) is 8.61. The van der Waals surface area contributed by atoms with Crippen molar-refractivity contribution >= 4 is 16.8 Å². The summed E-state index contributed by atoms with van der Waals surface area (Å²) in [5, 5.41) is 19.3. The van der Waals surface area contributed by atoms with Gasteiger partial charge in [0, 0.05) is 18.0 Å². The van der Waals surface area contributed by atoms with Gasteiger partial charge in [0.25, 0.3) is 5.91 Å². The lowest BCUT2D eigenvalue weighted by Gasteiger charge is -2.11. The van der Waals surface area contributed by atoms with Gasteiger partial charge in [-0.2, -0.15) is 5.10 Å². The third kappa shape index (κ3) is 2.51. The van der Waals surface area contributed by atoms with E-state index in [0.29, 0.717) is 12.1 Å². The van der Waals surface area contributed by atoms with E-state index in [2.05, 4.69) is 15.5 Å². The predicted molar refractivity (Wildman–Crippen MR) is 69.5 cm³/mol. The Bertz CT molecular complexity index is 562. The maximum atomic E-state index is 12.0. The van der Waals surface area contributed by atoms with E-state index in [1.807, 2.05) is 32.0 Å². The second-order valence-electron chi connectivity index (χ2n) is 4.51. The van der Waals surface area contributed by atoms with Crippen molar-refractivity contribution in [1.29, 1.82) is 0 Å². The van der Waals surface area contributed by atoms with Gasteiger partial charge in [-0.05, 0) is 32.4 Å². The van der Waals surface area contributed by atoms with E-state index < -0.39 is 0 Å². The van der Waals surface area contributed by atoms with Crippen LogP contribution in [0.15, 0.2) is 18.2 Å². The van der Waals surface area contributed by atoms with E-state index in [9.17, 15) is 4.79 Å². The summed E-state index contributed by atoms with van der Waals surface area (Å²) in [4.78, 5) is 12.0. The quantitative estimate of drug-likeness (QED) is 0.763. The Hall–Kier alpha value is -1.88. The highest BCUT2D eigenvalue weighted by atomic mass is 16.3. The minimum atomic E-state index is -0.215. The standard InChI is InChI=1S/C13H17N3O2/c1-8-3-4-11-10(7-8)12(16-15-11)13(18)14-9(2)5-6-17/h3-4,7,9,17H,5-6H2,1-2H3,(H,14,18)(H,15,16)/t9-/m1/s1. The number of fused-ring (bicyclic) bond motifs is 1. The monoisotopic (exact) mass is 247 g/mol. The summed E-state index contributed by atoms with van der Waals surface area (Å²) in [6.07, 6.45) is 0.535. The lowest BCUT2D eigenvalue weighted by molar-refractivity contribution is 0.0931. The maximum absolute atomic E-state index is 12.0. The fourth-order valence-corrected chi connectivity index (χ4v) is 1.86. The zero-order valence-corrected chi connectivity index (χ0v) is 10.5. The molecule has 2 rings (SSSR count). The van der Waals surface area contributed by atoms with Gasteiger partial charge in [0.2, 0.25) is 0 Å². The molecule has 1 amide bonds. The largest absolute Gasteiger partial charge is 0.396 e. The molecule has 1 heterocycles. The van der Waals surface area contributed by atoms with Crippen LogP contribution in [0.2, 0.25) is 0 Å². The van der Waals surface area contributed by atoms with Crippen molar-refractivity contribution in [3.8, 4) is 0 Å². The van der Waals surface area contributed by atoms with Gasteiger partial charge in [-0.25, -0.2) is 0 Å². The Balaban J connectivity index is 2.25. The highest BCUT2D eigenvalue weighted by molar-refractivity contribution is 6.04. The van der Waals surface area contributed by atoms with Crippen LogP contribution >= 0.6 is 0 Å². The lowest BCUT2D eigenvalue weighted by atomic mass is 10.1. The summed E-state index contributed by atoms with van der Waals surface area (Å²) >= 11 is 0. The van der Waals surface area contributed by atoms with Gasteiger partial charge in [-0.3, -0.25) is 9.89 Å². The third-order valence-corrected chi connectivity index (χ3v) is 2.87. The molecular weight excluding hydrogens is 230 g/mol. The molecule has 96 valence electrons. The van der Waals surface area contributed by atoms with Crippen molar-refractivity contribution in [2.24, 2.45) is 0 Å². The SMILES string of the molecule is Cc1ccc2[nH]nc(C(=O)N[C@H](C)CCO)c2c1. The van der Waals surface area contributed by atoms with Crippen molar-refractivity contribution in [2.45, 2.75) is 26.3 Å². The molecule has 0 aliphatic heterocycles. The molecule has 0 saturated carbocycles. The van der Waals surface area contributed by atoms with E-state index in [0.717, 1.165) is 16.5 Å². The number of hydrogen-bond donors (Lipinski definition) is 3. The van der Waals surface area contributed by atoms with Crippen LogP contribution in [0.4, 0.5) is 0 Å². The number of rotatable bonds is 4. The number of amides is 1. The Labute approximate surface area is 105 Å². The number of aliphatic hydroxyl groups excluding tert-OH is 1. The first kappa shape index (κ1) is 12.6. The number of carbonyl (C=O) groups is 1. The average molecular weight is 247 g/mol. The smallest absolute Gasteiger partial charge is 0.272 e. The third-order valence-electron chi connectivity index (χ3n) is 2.87. The topological polar surface area (TPSA) is 78.0 Å². The number of H-pyrrole nitrogens is 1. The van der Waals surface area contributed by atoms with Crippen molar-refractivity contribution in [3.05, 3.63) is 29.5 Å². The van der Waals surface area contributed by atoms with E-state index in [1.165, 1.54) is 0 Å². The molecule has 1 aromatic heterocycles. The molecule has 1 atom stereocenters. The van der Waals surface area contributed by atoms with Crippen LogP contribution in [0.1, 0.15) is 29.4 Å². The molecule has 0 bridgehead atoms. The second-order valence-corrected chi connectivity index (χ2v) is 4.51. The Morgan fingerprint density at radius 1 is 1.56 bits per heavy atom. The van der Waals surface area contributed by atoms with Crippen molar-refractivity contribution in [1.82, 2.24) is 15.5 Å². The van der Waals surface area contributed by atoms with E-state index in [4.69, 9.17) is 5.11 Å². The summed E-state index contributed by atoms with van der Waals surface area (Å²) in [6, 6.07) is 5.74. The van der Waals surface area contributed by atoms with Gasteiger partial charge in [-0.15, -0.1) is 0 Å². The van der Waals surface area contributed by atoms with Gasteiger partial charge < -0.3 is 10.4 Å². The zero-order valence-electron chi connectivity index (χ0n) is 10.5. The number of aliphatic hydroxyl groups is 1. The highest BCUT2D eigenvalue weighted by Crippen LogP contribution is 2.17. The fourth-order valence-electron chi connectivity index (χ4n) is 1.86. The van der Waals surface area contributed by atoms with Crippen molar-refractivity contribution in [2.75, 3.05) is 6.61 Å². The van der Waals surface area contributed by atoms with Crippen molar-refractivity contribution < 1.29 is 9.90 Å². The van der Waals surface area contributed by atoms with Crippen LogP contribution < -0.4 is 5.32 Å². The maximum Gasteiger partial charge on any atom is 0.272 e. The number of nitrogens with one attached hydrogen (secondary N) is 2. The summed E-state index contributed by atoms with van der Waals surface area (Å²) < 4.78 is 0. The van der Waals surface area contributed by atoms with Crippen LogP contribution in [0.25, 0.3) is 10.9 Å². The molecular formula is C13H17N3O2. The number of benzene rings is 1. The number of hydrogen-bond acceptors (Lipinski definition) is 3. The molecule has 3 N–H and O–H groups in total. The molecule has 0 unspecified atom stereocenters. The number of aromatic nitrogens is 2. The normalized spacial score (nSPS) is 12.6. The van der Waals surface area contributed by atoms with Crippen LogP contribution in [0.5, 0.6) is 0 Å². The van der Waals surface area contributed by atoms with E-state index >= 15 is 0 Å². The molecule has 2 aromatic rings. The zero-order chi connectivity index (χ0) is 13.1.